The molecule has 6 heavy (non-hydrogen) atoms. The number of hydrogen-bond donors (Lipinski definition) is 1. The van der Waals surface area contributed by atoms with E-state index >= 15 is 0 Å². The molecule has 0 fully saturated rings. The monoisotopic (exact) mass is 108 g/mol. The number of hydrogen-bond acceptors (Lipinski definition) is 1. The van der Waals surface area contributed by atoms with Crippen LogP contribution in [0, 0.1) is 13.8 Å². The number of aliphatic hydroxyl groups excluding tert-OH is 1. The van der Waals surface area contributed by atoms with E-state index in [1.54, 1.807) is 0 Å². The molecule has 1 nitrogen and oxygen atoms in total. The van der Waals surface area contributed by atoms with Crippen molar-refractivity contribution in [3.05, 3.63) is 13.8 Å². The zero-order chi connectivity index (χ0) is 5.41. The van der Waals surface area contributed by atoms with Crippen LogP contribution < -0.4 is 0 Å². The van der Waals surface area contributed by atoms with Gasteiger partial charge in [0.25, 0.3) is 0 Å². The first-order valence-corrected chi connectivity index (χ1v) is 2.12. The lowest BCUT2D eigenvalue weighted by Crippen LogP contribution is -1.58. The first kappa shape index (κ1) is 9.54. The predicted molar refractivity (Wildman–Crippen MR) is 28.5 cm³/mol. The van der Waals surface area contributed by atoms with Crippen molar-refractivity contribution < 1.29 is 5.11 Å². The number of rotatable bonds is 0. The van der Waals surface area contributed by atoms with Crippen LogP contribution in [-0.4, -0.2) is 17.6 Å². The van der Waals surface area contributed by atoms with Gasteiger partial charge in [0, 0.05) is 12.5 Å². The molecule has 1 N–H and O–H groups in total. The Morgan fingerprint density at radius 3 is 1.50 bits per heavy atom. The Balaban J connectivity index is 0. The molecule has 0 aromatic heterocycles. The summed E-state index contributed by atoms with van der Waals surface area (Å²) in [4.78, 5) is 0. The standard InChI is InChI=1S/C2H4Cl.C2H5O/c2*1-2-3/h1-2H2;3H,1-2H2. The minimum absolute atomic E-state index is 0. The van der Waals surface area contributed by atoms with Crippen molar-refractivity contribution in [3.63, 3.8) is 0 Å². The van der Waals surface area contributed by atoms with E-state index in [4.69, 9.17) is 16.7 Å². The first-order chi connectivity index (χ1) is 2.83. The van der Waals surface area contributed by atoms with Crippen LogP contribution in [0.2, 0.25) is 0 Å². The molecule has 0 amide bonds. The van der Waals surface area contributed by atoms with Gasteiger partial charge >= 0.3 is 0 Å². The van der Waals surface area contributed by atoms with Crippen LogP contribution in [0.4, 0.5) is 0 Å². The van der Waals surface area contributed by atoms with Crippen LogP contribution in [0.1, 0.15) is 0 Å². The molecule has 0 spiro atoms. The Bertz CT molecular complexity index is 9.51. The second-order valence-corrected chi connectivity index (χ2v) is 0.791. The van der Waals surface area contributed by atoms with Gasteiger partial charge in [0.05, 0.1) is 0 Å². The highest BCUT2D eigenvalue weighted by molar-refractivity contribution is 6.18. The largest absolute Gasteiger partial charge is 0.396 e. The lowest BCUT2D eigenvalue weighted by molar-refractivity contribution is 0.341. The summed E-state index contributed by atoms with van der Waals surface area (Å²) in [5.74, 6) is 0.472. The second kappa shape index (κ2) is 18.7. The van der Waals surface area contributed by atoms with Crippen molar-refractivity contribution in [2.75, 3.05) is 12.5 Å². The van der Waals surface area contributed by atoms with Crippen LogP contribution in [0.5, 0.6) is 0 Å². The lowest BCUT2D eigenvalue weighted by atomic mass is 10.9. The van der Waals surface area contributed by atoms with Gasteiger partial charge in [-0.15, -0.1) is 11.6 Å². The van der Waals surface area contributed by atoms with Gasteiger partial charge in [-0.3, -0.25) is 0 Å². The molecule has 0 aromatic carbocycles. The Kier molecular flexibility index (Phi) is 29.8. The molecular weight excluding hydrogens is 99.5 g/mol. The van der Waals surface area contributed by atoms with Crippen molar-refractivity contribution in [3.8, 4) is 0 Å². The normalized spacial score (nSPS) is 6.00. The molecule has 0 heterocycles. The lowest BCUT2D eigenvalue weighted by Gasteiger charge is -1.52. The van der Waals surface area contributed by atoms with Gasteiger partial charge in [-0.05, 0) is 13.8 Å². The fourth-order valence-corrected chi connectivity index (χ4v) is 0. The number of halogens is 1. The topological polar surface area (TPSA) is 20.2 Å². The van der Waals surface area contributed by atoms with E-state index in [0.717, 1.165) is 0 Å². The Morgan fingerprint density at radius 1 is 1.50 bits per heavy atom. The van der Waals surface area contributed by atoms with Crippen molar-refractivity contribution in [1.82, 2.24) is 0 Å². The molecule has 0 aliphatic heterocycles. The van der Waals surface area contributed by atoms with Crippen LogP contribution >= 0.6 is 11.6 Å². The molecular formula is C4H9ClO. The van der Waals surface area contributed by atoms with Crippen LogP contribution in [0.25, 0.3) is 0 Å². The molecule has 0 atom stereocenters. The summed E-state index contributed by atoms with van der Waals surface area (Å²) < 4.78 is 0. The Labute approximate surface area is 43.9 Å². The van der Waals surface area contributed by atoms with E-state index < -0.39 is 0 Å². The molecule has 0 rings (SSSR count). The highest BCUT2D eigenvalue weighted by Crippen LogP contribution is 1.58. The van der Waals surface area contributed by atoms with Crippen LogP contribution in [0.15, 0.2) is 0 Å². The molecule has 0 bridgehead atoms. The first-order valence-electron chi connectivity index (χ1n) is 1.58. The minimum atomic E-state index is 0. The van der Waals surface area contributed by atoms with Crippen molar-refractivity contribution in [2.24, 2.45) is 0 Å². The summed E-state index contributed by atoms with van der Waals surface area (Å²) in [5.41, 5.74) is 0. The van der Waals surface area contributed by atoms with E-state index in [1.165, 1.54) is 0 Å². The summed E-state index contributed by atoms with van der Waals surface area (Å²) in [6.07, 6.45) is 0. The summed E-state index contributed by atoms with van der Waals surface area (Å²) in [6.45, 7) is 6.29. The molecule has 0 saturated carbocycles. The second-order valence-electron chi connectivity index (χ2n) is 0.413. The summed E-state index contributed by atoms with van der Waals surface area (Å²) in [7, 11) is 0. The summed E-state index contributed by atoms with van der Waals surface area (Å²) >= 11 is 4.89. The van der Waals surface area contributed by atoms with Gasteiger partial charge in [0.2, 0.25) is 0 Å². The quantitative estimate of drug-likeness (QED) is 0.457. The maximum atomic E-state index is 7.46. The van der Waals surface area contributed by atoms with Crippen molar-refractivity contribution in [1.29, 1.82) is 0 Å². The maximum Gasteiger partial charge on any atom is 0.0431 e. The summed E-state index contributed by atoms with van der Waals surface area (Å²) in [6, 6.07) is 0. The van der Waals surface area contributed by atoms with Crippen LogP contribution in [-0.2, 0) is 0 Å². The van der Waals surface area contributed by atoms with Gasteiger partial charge in [-0.25, -0.2) is 0 Å². The van der Waals surface area contributed by atoms with Crippen molar-refractivity contribution in [2.45, 2.75) is 0 Å². The number of alkyl halides is 1. The van der Waals surface area contributed by atoms with Gasteiger partial charge in [-0.2, -0.15) is 0 Å². The third-order valence-corrected chi connectivity index (χ3v) is 0. The minimum Gasteiger partial charge on any atom is -0.396 e. The van der Waals surface area contributed by atoms with Gasteiger partial charge in [-0.1, -0.05) is 0 Å². The van der Waals surface area contributed by atoms with Gasteiger partial charge in [0.15, 0.2) is 0 Å². The van der Waals surface area contributed by atoms with E-state index in [2.05, 4.69) is 13.8 Å². The molecule has 0 aliphatic rings. The fraction of sp³-hybridized carbons (Fsp3) is 0.500. The molecule has 0 saturated heterocycles. The molecule has 0 aromatic rings. The van der Waals surface area contributed by atoms with Gasteiger partial charge < -0.3 is 5.11 Å². The zero-order valence-corrected chi connectivity index (χ0v) is 4.41. The van der Waals surface area contributed by atoms with Crippen molar-refractivity contribution >= 4 is 11.6 Å². The zero-order valence-electron chi connectivity index (χ0n) is 3.65. The van der Waals surface area contributed by atoms with E-state index in [0.29, 0.717) is 5.88 Å². The van der Waals surface area contributed by atoms with Gasteiger partial charge in [0.1, 0.15) is 0 Å². The average molecular weight is 109 g/mol. The van der Waals surface area contributed by atoms with E-state index in [9.17, 15) is 0 Å². The third-order valence-electron chi connectivity index (χ3n) is 0. The SMILES string of the molecule is [CH2]CCl.[CH2]CO. The van der Waals surface area contributed by atoms with E-state index in [1.807, 2.05) is 0 Å². The molecule has 0 unspecified atom stereocenters. The highest BCUT2D eigenvalue weighted by Gasteiger charge is 1.39. The predicted octanol–water partition coefficient (Wildman–Crippen LogP) is 0.872. The third kappa shape index (κ3) is 718. The smallest absolute Gasteiger partial charge is 0.0431 e. The maximum absolute atomic E-state index is 7.46. The Hall–Kier alpha value is 0.250. The number of aliphatic hydroxyl groups is 1. The van der Waals surface area contributed by atoms with Crippen LogP contribution in [0.3, 0.4) is 0 Å². The Morgan fingerprint density at radius 2 is 1.50 bits per heavy atom. The average Bonchev–Trinajstić information content (AvgIpc) is 1.39. The summed E-state index contributed by atoms with van der Waals surface area (Å²) in [5, 5.41) is 7.46. The highest BCUT2D eigenvalue weighted by atomic mass is 35.5. The fourth-order valence-electron chi connectivity index (χ4n) is 0. The molecule has 38 valence electrons. The van der Waals surface area contributed by atoms with E-state index in [-0.39, 0.29) is 6.61 Å². The molecule has 0 aliphatic carbocycles. The molecule has 2 radical (unpaired) electrons. The molecule has 2 heteroatoms.